The highest BCUT2D eigenvalue weighted by Crippen LogP contribution is 2.33. The molecule has 0 saturated carbocycles. The summed E-state index contributed by atoms with van der Waals surface area (Å²) < 4.78 is 22.9. The Morgan fingerprint density at radius 3 is 2.60 bits per heavy atom. The molecule has 1 aliphatic rings. The van der Waals surface area contributed by atoms with Crippen LogP contribution in [0.1, 0.15) is 24.8 Å². The Bertz CT molecular complexity index is 430. The maximum atomic E-state index is 5.76. The summed E-state index contributed by atoms with van der Waals surface area (Å²) in [4.78, 5) is 0. The summed E-state index contributed by atoms with van der Waals surface area (Å²) in [6.07, 6.45) is 4.09. The second kappa shape index (κ2) is 7.86. The van der Waals surface area contributed by atoms with Gasteiger partial charge in [0.25, 0.3) is 0 Å². The van der Waals surface area contributed by atoms with Crippen molar-refractivity contribution in [2.24, 2.45) is 0 Å². The largest absolute Gasteiger partial charge is 0.493 e. The zero-order valence-corrected chi connectivity index (χ0v) is 13.6. The molecule has 1 unspecified atom stereocenters. The molecule has 1 heterocycles. The summed E-state index contributed by atoms with van der Waals surface area (Å²) >= 11 is 3.56. The predicted molar refractivity (Wildman–Crippen MR) is 80.5 cm³/mol. The average Bonchev–Trinajstić information content (AvgIpc) is 2.49. The predicted octanol–water partition coefficient (Wildman–Crippen LogP) is 3.55. The Labute approximate surface area is 128 Å². The molecule has 4 nitrogen and oxygen atoms in total. The molecule has 0 amide bonds. The molecule has 5 heteroatoms. The first kappa shape index (κ1) is 15.6. The maximum Gasteiger partial charge on any atom is 0.161 e. The van der Waals surface area contributed by atoms with E-state index in [9.17, 15) is 0 Å². The van der Waals surface area contributed by atoms with Crippen LogP contribution in [0.3, 0.4) is 0 Å². The van der Waals surface area contributed by atoms with Crippen molar-refractivity contribution in [2.75, 3.05) is 27.4 Å². The smallest absolute Gasteiger partial charge is 0.161 e. The normalized spacial score (nSPS) is 18.9. The van der Waals surface area contributed by atoms with Gasteiger partial charge in [0.2, 0.25) is 0 Å². The monoisotopic (exact) mass is 344 g/mol. The average molecular weight is 345 g/mol. The Kier molecular flexibility index (Phi) is 6.13. The van der Waals surface area contributed by atoms with Crippen LogP contribution in [0.5, 0.6) is 11.5 Å². The van der Waals surface area contributed by atoms with Gasteiger partial charge in [0.1, 0.15) is 0 Å². The van der Waals surface area contributed by atoms with Crippen molar-refractivity contribution < 1.29 is 18.9 Å². The molecule has 1 aromatic carbocycles. The van der Waals surface area contributed by atoms with Crippen LogP contribution in [0.15, 0.2) is 16.6 Å². The minimum absolute atomic E-state index is 0.0392. The van der Waals surface area contributed by atoms with Crippen molar-refractivity contribution in [1.29, 1.82) is 0 Å². The van der Waals surface area contributed by atoms with Gasteiger partial charge in [-0.05, 0) is 43.4 Å². The summed E-state index contributed by atoms with van der Waals surface area (Å²) in [5, 5.41) is 0. The van der Waals surface area contributed by atoms with E-state index in [-0.39, 0.29) is 6.29 Å². The van der Waals surface area contributed by atoms with E-state index in [4.69, 9.17) is 18.9 Å². The molecule has 0 bridgehead atoms. The molecule has 1 aliphatic heterocycles. The van der Waals surface area contributed by atoms with Gasteiger partial charge in [-0.1, -0.05) is 15.9 Å². The van der Waals surface area contributed by atoms with Crippen molar-refractivity contribution in [1.82, 2.24) is 0 Å². The standard InChI is InChI=1S/C15H21BrO4/c1-17-13-9-11(12(16)10-14(13)18-2)6-8-20-15-5-3-4-7-19-15/h9-10,15H,3-8H2,1-2H3. The molecule has 1 atom stereocenters. The molecule has 0 radical (unpaired) electrons. The molecule has 1 aromatic rings. The van der Waals surface area contributed by atoms with Crippen molar-refractivity contribution in [3.8, 4) is 11.5 Å². The van der Waals surface area contributed by atoms with Crippen molar-refractivity contribution >= 4 is 15.9 Å². The first-order valence-electron chi connectivity index (χ1n) is 6.88. The lowest BCUT2D eigenvalue weighted by atomic mass is 10.1. The topological polar surface area (TPSA) is 36.9 Å². The summed E-state index contributed by atoms with van der Waals surface area (Å²) in [5.41, 5.74) is 1.14. The fraction of sp³-hybridized carbons (Fsp3) is 0.600. The fourth-order valence-electron chi connectivity index (χ4n) is 2.23. The Morgan fingerprint density at radius 1 is 1.20 bits per heavy atom. The van der Waals surface area contributed by atoms with Gasteiger partial charge < -0.3 is 18.9 Å². The minimum atomic E-state index is -0.0392. The molecule has 20 heavy (non-hydrogen) atoms. The molecule has 0 N–H and O–H groups in total. The Hall–Kier alpha value is -0.780. The van der Waals surface area contributed by atoms with Crippen LogP contribution in [0, 0.1) is 0 Å². The number of ether oxygens (including phenoxy) is 4. The Balaban J connectivity index is 1.91. The van der Waals surface area contributed by atoms with Gasteiger partial charge in [-0.25, -0.2) is 0 Å². The van der Waals surface area contributed by atoms with E-state index in [1.807, 2.05) is 12.1 Å². The second-order valence-corrected chi connectivity index (χ2v) is 5.57. The molecule has 0 aliphatic carbocycles. The maximum absolute atomic E-state index is 5.76. The van der Waals surface area contributed by atoms with Crippen LogP contribution in [0.4, 0.5) is 0 Å². The van der Waals surface area contributed by atoms with E-state index < -0.39 is 0 Å². The molecule has 0 aromatic heterocycles. The lowest BCUT2D eigenvalue weighted by Crippen LogP contribution is -2.23. The zero-order chi connectivity index (χ0) is 14.4. The van der Waals surface area contributed by atoms with Gasteiger partial charge in [0, 0.05) is 11.1 Å². The summed E-state index contributed by atoms with van der Waals surface area (Å²) in [5.74, 6) is 1.46. The number of hydrogen-bond donors (Lipinski definition) is 0. The van der Waals surface area contributed by atoms with Crippen LogP contribution in [0.25, 0.3) is 0 Å². The van der Waals surface area contributed by atoms with Crippen LogP contribution in [0.2, 0.25) is 0 Å². The summed E-state index contributed by atoms with van der Waals surface area (Å²) in [6.45, 7) is 1.45. The highest BCUT2D eigenvalue weighted by Gasteiger charge is 2.14. The Morgan fingerprint density at radius 2 is 1.95 bits per heavy atom. The summed E-state index contributed by atoms with van der Waals surface area (Å²) in [6, 6.07) is 3.90. The molecule has 1 fully saturated rings. The van der Waals surface area contributed by atoms with E-state index in [1.165, 1.54) is 6.42 Å². The second-order valence-electron chi connectivity index (χ2n) is 4.72. The van der Waals surface area contributed by atoms with Crippen molar-refractivity contribution in [3.63, 3.8) is 0 Å². The lowest BCUT2D eigenvalue weighted by Gasteiger charge is -2.22. The first-order valence-corrected chi connectivity index (χ1v) is 7.67. The summed E-state index contributed by atoms with van der Waals surface area (Å²) in [7, 11) is 3.27. The third-order valence-electron chi connectivity index (χ3n) is 3.37. The third kappa shape index (κ3) is 4.11. The quantitative estimate of drug-likeness (QED) is 0.790. The van der Waals surface area contributed by atoms with E-state index >= 15 is 0 Å². The number of hydrogen-bond acceptors (Lipinski definition) is 4. The molecule has 1 saturated heterocycles. The van der Waals surface area contributed by atoms with E-state index in [2.05, 4.69) is 15.9 Å². The fourth-order valence-corrected chi connectivity index (χ4v) is 2.75. The zero-order valence-electron chi connectivity index (χ0n) is 12.0. The van der Waals surface area contributed by atoms with Gasteiger partial charge in [-0.2, -0.15) is 0 Å². The number of benzene rings is 1. The third-order valence-corrected chi connectivity index (χ3v) is 4.10. The van der Waals surface area contributed by atoms with Gasteiger partial charge in [0.15, 0.2) is 17.8 Å². The first-order chi connectivity index (χ1) is 9.74. The van der Waals surface area contributed by atoms with Crippen LogP contribution in [-0.4, -0.2) is 33.7 Å². The van der Waals surface area contributed by atoms with Gasteiger partial charge >= 0.3 is 0 Å². The molecule has 112 valence electrons. The van der Waals surface area contributed by atoms with Crippen LogP contribution >= 0.6 is 15.9 Å². The minimum Gasteiger partial charge on any atom is -0.493 e. The highest BCUT2D eigenvalue weighted by atomic mass is 79.9. The molecular weight excluding hydrogens is 324 g/mol. The van der Waals surface area contributed by atoms with Crippen LogP contribution < -0.4 is 9.47 Å². The SMILES string of the molecule is COc1cc(Br)c(CCOC2CCCCO2)cc1OC. The number of methoxy groups -OCH3 is 2. The van der Waals surface area contributed by atoms with Crippen LogP contribution in [-0.2, 0) is 15.9 Å². The number of halogens is 1. The molecular formula is C15H21BrO4. The number of rotatable bonds is 6. The lowest BCUT2D eigenvalue weighted by molar-refractivity contribution is -0.161. The molecule has 0 spiro atoms. The van der Waals surface area contributed by atoms with Crippen molar-refractivity contribution in [2.45, 2.75) is 32.0 Å². The van der Waals surface area contributed by atoms with E-state index in [0.29, 0.717) is 6.61 Å². The van der Waals surface area contributed by atoms with E-state index in [0.717, 1.165) is 47.4 Å². The van der Waals surface area contributed by atoms with Crippen molar-refractivity contribution in [3.05, 3.63) is 22.2 Å². The van der Waals surface area contributed by atoms with Gasteiger partial charge in [0.05, 0.1) is 20.8 Å². The van der Waals surface area contributed by atoms with E-state index in [1.54, 1.807) is 14.2 Å². The van der Waals surface area contributed by atoms with Gasteiger partial charge in [-0.3, -0.25) is 0 Å². The van der Waals surface area contributed by atoms with Gasteiger partial charge in [-0.15, -0.1) is 0 Å². The molecule has 2 rings (SSSR count). The highest BCUT2D eigenvalue weighted by molar-refractivity contribution is 9.10.